The van der Waals surface area contributed by atoms with Crippen molar-refractivity contribution in [3.8, 4) is 10.8 Å². The van der Waals surface area contributed by atoms with E-state index in [1.54, 1.807) is 0 Å². The van der Waals surface area contributed by atoms with E-state index >= 15 is 0 Å². The average molecular weight is 427 g/mol. The van der Waals surface area contributed by atoms with Crippen LogP contribution in [0.3, 0.4) is 0 Å². The molecule has 2 saturated heterocycles. The van der Waals surface area contributed by atoms with Crippen LogP contribution < -0.4 is 0 Å². The molecule has 0 saturated carbocycles. The van der Waals surface area contributed by atoms with Crippen LogP contribution in [-0.2, 0) is 42.3 Å². The molecule has 1 radical (unpaired) electrons. The van der Waals surface area contributed by atoms with E-state index < -0.39 is 0 Å². The summed E-state index contributed by atoms with van der Waals surface area (Å²) in [6, 6.07) is 0. The van der Waals surface area contributed by atoms with Crippen molar-refractivity contribution in [1.82, 2.24) is 14.8 Å². The van der Waals surface area contributed by atoms with E-state index in [0.29, 0.717) is 0 Å². The molecule has 0 aromatic heterocycles. The molecule has 0 aromatic rings. The van der Waals surface area contributed by atoms with Crippen molar-refractivity contribution in [2.45, 2.75) is 26.2 Å². The Kier molecular flexibility index (Phi) is 17.3. The minimum atomic E-state index is 0. The van der Waals surface area contributed by atoms with Gasteiger partial charge in [0.25, 0.3) is 0 Å². The van der Waals surface area contributed by atoms with Gasteiger partial charge in [-0.05, 0) is 26.6 Å². The Morgan fingerprint density at radius 1 is 1.12 bits per heavy atom. The van der Waals surface area contributed by atoms with Gasteiger partial charge in [-0.1, -0.05) is 17.7 Å². The molecule has 2 fully saturated rings. The SMILES string of the molecule is CCN(C)CCCN1CCC[N+]2(CCCN2C)C1.N#C[S-].N#C[S-].[Mn]. The first kappa shape index (κ1) is 27.0. The number of hydrogen-bond donors (Lipinski definition) is 0. The van der Waals surface area contributed by atoms with Crippen molar-refractivity contribution < 1.29 is 21.7 Å². The third-order valence-electron chi connectivity index (χ3n) is 4.85. The number of rotatable bonds is 5. The van der Waals surface area contributed by atoms with Gasteiger partial charge in [0.2, 0.25) is 0 Å². The van der Waals surface area contributed by atoms with Crippen LogP contribution in [0.1, 0.15) is 26.2 Å². The van der Waals surface area contributed by atoms with Gasteiger partial charge in [-0.2, -0.15) is 5.01 Å². The number of hydrogen-bond acceptors (Lipinski definition) is 7. The van der Waals surface area contributed by atoms with Crippen LogP contribution in [0.4, 0.5) is 0 Å². The zero-order valence-electron chi connectivity index (χ0n) is 15.7. The molecule has 2 rings (SSSR count). The molecule has 6 nitrogen and oxygen atoms in total. The molecule has 0 aliphatic carbocycles. The summed E-state index contributed by atoms with van der Waals surface area (Å²) < 4.78 is 1.24. The largest absolute Gasteiger partial charge is 0.696 e. The number of quaternary nitrogens is 1. The average Bonchev–Trinajstić information content (AvgIpc) is 2.89. The second-order valence-electron chi connectivity index (χ2n) is 6.32. The number of nitriles is 2. The van der Waals surface area contributed by atoms with E-state index in [-0.39, 0.29) is 17.1 Å². The maximum atomic E-state index is 7.13. The molecule has 0 bridgehead atoms. The molecule has 9 heteroatoms. The molecule has 25 heavy (non-hydrogen) atoms. The molecule has 2 heterocycles. The fourth-order valence-corrected chi connectivity index (χ4v) is 3.45. The van der Waals surface area contributed by atoms with Crippen molar-refractivity contribution in [1.29, 1.82) is 10.5 Å². The van der Waals surface area contributed by atoms with Crippen molar-refractivity contribution in [2.75, 3.05) is 66.6 Å². The van der Waals surface area contributed by atoms with Gasteiger partial charge in [-0.3, -0.25) is 4.90 Å². The monoisotopic (exact) mass is 426 g/mol. The van der Waals surface area contributed by atoms with Crippen LogP contribution >= 0.6 is 0 Å². The summed E-state index contributed by atoms with van der Waals surface area (Å²) in [4.78, 5) is 5.10. The molecular formula is C16H31MnN6S2-. The first-order chi connectivity index (χ1) is 11.5. The summed E-state index contributed by atoms with van der Waals surface area (Å²) in [5, 5.41) is 19.5. The maximum absolute atomic E-state index is 7.13. The Balaban J connectivity index is 0. The molecule has 1 spiro atoms. The van der Waals surface area contributed by atoms with E-state index in [0.717, 1.165) is 0 Å². The summed E-state index contributed by atoms with van der Waals surface area (Å²) in [5.74, 6) is 0. The Morgan fingerprint density at radius 3 is 2.12 bits per heavy atom. The van der Waals surface area contributed by atoms with Gasteiger partial charge in [-0.15, -0.1) is 0 Å². The maximum Gasteiger partial charge on any atom is 0.153 e. The molecule has 2 aliphatic heterocycles. The normalized spacial score (nSPS) is 22.6. The molecule has 1 unspecified atom stereocenters. The van der Waals surface area contributed by atoms with Gasteiger partial charge in [-0.25, -0.2) is 15.1 Å². The van der Waals surface area contributed by atoms with Crippen molar-refractivity contribution in [3.63, 3.8) is 0 Å². The van der Waals surface area contributed by atoms with Gasteiger partial charge in [0.05, 0.1) is 19.6 Å². The molecule has 145 valence electrons. The van der Waals surface area contributed by atoms with E-state index in [1.165, 1.54) is 87.1 Å². The third-order valence-corrected chi connectivity index (χ3v) is 4.85. The molecular weight excluding hydrogens is 395 g/mol. The fourth-order valence-electron chi connectivity index (χ4n) is 3.45. The van der Waals surface area contributed by atoms with Gasteiger partial charge in [0.15, 0.2) is 6.67 Å². The minimum absolute atomic E-state index is 0. The minimum Gasteiger partial charge on any atom is -0.696 e. The summed E-state index contributed by atoms with van der Waals surface area (Å²) in [7, 11) is 4.53. The molecule has 0 N–H and O–H groups in total. The van der Waals surface area contributed by atoms with Crippen molar-refractivity contribution in [3.05, 3.63) is 0 Å². The molecule has 1 atom stereocenters. The second-order valence-corrected chi connectivity index (χ2v) is 6.69. The second kappa shape index (κ2) is 16.0. The summed E-state index contributed by atoms with van der Waals surface area (Å²) >= 11 is 7.40. The zero-order valence-corrected chi connectivity index (χ0v) is 18.5. The first-order valence-electron chi connectivity index (χ1n) is 8.50. The van der Waals surface area contributed by atoms with E-state index in [9.17, 15) is 0 Å². The molecule has 0 amide bonds. The first-order valence-corrected chi connectivity index (χ1v) is 9.32. The molecule has 0 aromatic carbocycles. The summed E-state index contributed by atoms with van der Waals surface area (Å²) in [5.41, 5.74) is 0. The zero-order chi connectivity index (χ0) is 18.4. The van der Waals surface area contributed by atoms with Crippen molar-refractivity contribution >= 4 is 25.3 Å². The standard InChI is InChI=1S/C14H31N4.2CHNS.Mn/c1-4-15(2)8-5-10-17-11-7-13-18(14-17)12-6-9-16(18)3;2*2-1-3;/h4-14H2,1-3H3;2*3H;/q+1;;;/p-2. The van der Waals surface area contributed by atoms with Crippen LogP contribution in [0.15, 0.2) is 0 Å². The Morgan fingerprint density at radius 2 is 1.64 bits per heavy atom. The summed E-state index contributed by atoms with van der Waals surface area (Å²) in [6.07, 6.45) is 4.06. The fraction of sp³-hybridized carbons (Fsp3) is 0.875. The van der Waals surface area contributed by atoms with E-state index in [1.807, 2.05) is 0 Å². The van der Waals surface area contributed by atoms with Gasteiger partial charge in [0, 0.05) is 50.0 Å². The van der Waals surface area contributed by atoms with Crippen LogP contribution in [0, 0.1) is 21.3 Å². The topological polar surface area (TPSA) is 57.3 Å². The Labute approximate surface area is 175 Å². The predicted octanol–water partition coefficient (Wildman–Crippen LogP) is 1.08. The number of thiocyanates is 2. The van der Waals surface area contributed by atoms with E-state index in [2.05, 4.69) is 61.1 Å². The van der Waals surface area contributed by atoms with E-state index in [4.69, 9.17) is 10.5 Å². The van der Waals surface area contributed by atoms with Gasteiger partial charge < -0.3 is 30.2 Å². The Bertz CT molecular complexity index is 402. The predicted molar refractivity (Wildman–Crippen MR) is 102 cm³/mol. The Hall–Kier alpha value is -0.221. The smallest absolute Gasteiger partial charge is 0.153 e. The summed E-state index contributed by atoms with van der Waals surface area (Å²) in [6.45, 7) is 12.5. The number of nitrogens with zero attached hydrogens (tertiary/aromatic N) is 6. The van der Waals surface area contributed by atoms with Crippen molar-refractivity contribution in [2.24, 2.45) is 0 Å². The molecule has 2 aliphatic rings. The van der Waals surface area contributed by atoms with Gasteiger partial charge >= 0.3 is 0 Å². The van der Waals surface area contributed by atoms with Crippen LogP contribution in [-0.4, -0.2) is 86.0 Å². The van der Waals surface area contributed by atoms with Crippen LogP contribution in [0.25, 0.3) is 0 Å². The third kappa shape index (κ3) is 10.5. The quantitative estimate of drug-likeness (QED) is 0.282. The van der Waals surface area contributed by atoms with Crippen LogP contribution in [0.2, 0.25) is 0 Å². The van der Waals surface area contributed by atoms with Gasteiger partial charge in [0.1, 0.15) is 0 Å². The van der Waals surface area contributed by atoms with Crippen LogP contribution in [0.5, 0.6) is 0 Å².